The van der Waals surface area contributed by atoms with Crippen molar-refractivity contribution in [2.75, 3.05) is 6.54 Å². The minimum absolute atomic E-state index is 0.487. The van der Waals surface area contributed by atoms with Crippen LogP contribution in [0.4, 0.5) is 0 Å². The summed E-state index contributed by atoms with van der Waals surface area (Å²) in [5, 5.41) is 4.49. The molecule has 2 unspecified atom stereocenters. The van der Waals surface area contributed by atoms with Gasteiger partial charge >= 0.3 is 0 Å². The topological polar surface area (TPSA) is 12.0 Å². The van der Waals surface area contributed by atoms with Crippen LogP contribution in [-0.4, -0.2) is 17.8 Å². The third-order valence-electron chi connectivity index (χ3n) is 4.60. The molecule has 1 saturated carbocycles. The first-order valence-electron chi connectivity index (χ1n) is 8.38. The maximum atomic E-state index is 3.79. The summed E-state index contributed by atoms with van der Waals surface area (Å²) in [5.74, 6) is 0. The summed E-state index contributed by atoms with van der Waals surface area (Å²) in [6.45, 7) is 12.7. The fraction of sp³-hybridized carbons (Fsp3) is 0.684. The van der Waals surface area contributed by atoms with E-state index in [0.29, 0.717) is 16.7 Å². The van der Waals surface area contributed by atoms with Crippen LogP contribution in [0.1, 0.15) is 57.6 Å². The summed E-state index contributed by atoms with van der Waals surface area (Å²) in [4.78, 5) is 1.46. The summed E-state index contributed by atoms with van der Waals surface area (Å²) >= 11 is 2.10. The van der Waals surface area contributed by atoms with E-state index in [0.717, 1.165) is 6.54 Å². The number of aryl methyl sites for hydroxylation is 2. The highest BCUT2D eigenvalue weighted by molar-refractivity contribution is 8.00. The van der Waals surface area contributed by atoms with Crippen LogP contribution in [0.3, 0.4) is 0 Å². The Kier molecular flexibility index (Phi) is 5.79. The van der Waals surface area contributed by atoms with Gasteiger partial charge in [0.1, 0.15) is 0 Å². The summed E-state index contributed by atoms with van der Waals surface area (Å²) in [7, 11) is 0. The van der Waals surface area contributed by atoms with Crippen molar-refractivity contribution in [2.24, 2.45) is 5.41 Å². The van der Waals surface area contributed by atoms with Crippen LogP contribution in [0.5, 0.6) is 0 Å². The molecule has 2 atom stereocenters. The molecule has 1 aliphatic carbocycles. The number of hydrogen-bond donors (Lipinski definition) is 1. The van der Waals surface area contributed by atoms with Gasteiger partial charge in [-0.1, -0.05) is 38.5 Å². The van der Waals surface area contributed by atoms with Gasteiger partial charge in [0.2, 0.25) is 0 Å². The molecular weight excluding hydrogens is 274 g/mol. The molecule has 0 saturated heterocycles. The van der Waals surface area contributed by atoms with Crippen molar-refractivity contribution >= 4 is 11.8 Å². The lowest BCUT2D eigenvalue weighted by Crippen LogP contribution is -2.45. The van der Waals surface area contributed by atoms with E-state index in [9.17, 15) is 0 Å². The molecular formula is C19H31NS. The lowest BCUT2D eigenvalue weighted by molar-refractivity contribution is 0.214. The van der Waals surface area contributed by atoms with Crippen LogP contribution in [0, 0.1) is 19.3 Å². The van der Waals surface area contributed by atoms with Crippen LogP contribution in [0.25, 0.3) is 0 Å². The average Bonchev–Trinajstić information content (AvgIpc) is 2.40. The van der Waals surface area contributed by atoms with E-state index in [1.807, 2.05) is 0 Å². The van der Waals surface area contributed by atoms with Crippen LogP contribution < -0.4 is 5.32 Å². The number of thioether (sulfide) groups is 1. The Balaban J connectivity index is 2.11. The number of rotatable bonds is 5. The van der Waals surface area contributed by atoms with Crippen molar-refractivity contribution in [3.05, 3.63) is 29.3 Å². The van der Waals surface area contributed by atoms with Gasteiger partial charge in [0.05, 0.1) is 0 Å². The molecule has 0 aliphatic heterocycles. The summed E-state index contributed by atoms with van der Waals surface area (Å²) in [5.41, 5.74) is 3.28. The second-order valence-electron chi connectivity index (χ2n) is 7.39. The first kappa shape index (κ1) is 16.9. The Bertz CT molecular complexity index is 467. The van der Waals surface area contributed by atoms with Gasteiger partial charge in [0.15, 0.2) is 0 Å². The Morgan fingerprint density at radius 3 is 2.71 bits per heavy atom. The second kappa shape index (κ2) is 7.19. The molecule has 1 N–H and O–H groups in total. The van der Waals surface area contributed by atoms with E-state index >= 15 is 0 Å². The summed E-state index contributed by atoms with van der Waals surface area (Å²) in [6.07, 6.45) is 5.20. The highest BCUT2D eigenvalue weighted by atomic mass is 32.2. The van der Waals surface area contributed by atoms with Gasteiger partial charge < -0.3 is 5.32 Å². The smallest absolute Gasteiger partial charge is 0.0253 e. The molecule has 2 heteroatoms. The molecule has 0 aromatic heterocycles. The van der Waals surface area contributed by atoms with Gasteiger partial charge in [-0.3, -0.25) is 0 Å². The van der Waals surface area contributed by atoms with Crippen molar-refractivity contribution in [1.82, 2.24) is 5.32 Å². The van der Waals surface area contributed by atoms with Gasteiger partial charge in [-0.25, -0.2) is 0 Å². The molecule has 0 bridgehead atoms. The normalized spacial score (nSPS) is 25.0. The van der Waals surface area contributed by atoms with E-state index in [-0.39, 0.29) is 0 Å². The zero-order chi connectivity index (χ0) is 15.5. The molecule has 1 aromatic rings. The van der Waals surface area contributed by atoms with Crippen molar-refractivity contribution in [3.8, 4) is 0 Å². The monoisotopic (exact) mass is 305 g/mol. The molecule has 0 heterocycles. The van der Waals surface area contributed by atoms with Gasteiger partial charge in [-0.2, -0.15) is 0 Å². The molecule has 1 aromatic carbocycles. The van der Waals surface area contributed by atoms with Crippen molar-refractivity contribution in [3.63, 3.8) is 0 Å². The minimum Gasteiger partial charge on any atom is -0.313 e. The van der Waals surface area contributed by atoms with E-state index in [4.69, 9.17) is 0 Å². The van der Waals surface area contributed by atoms with Crippen molar-refractivity contribution in [2.45, 2.75) is 76.5 Å². The van der Waals surface area contributed by atoms with Crippen molar-refractivity contribution in [1.29, 1.82) is 0 Å². The lowest BCUT2D eigenvalue weighted by Gasteiger charge is -2.41. The van der Waals surface area contributed by atoms with Gasteiger partial charge in [-0.05, 0) is 63.1 Å². The quantitative estimate of drug-likeness (QED) is 0.787. The Hall–Kier alpha value is -0.470. The predicted octanol–water partition coefficient (Wildman–Crippen LogP) is 5.34. The summed E-state index contributed by atoms with van der Waals surface area (Å²) < 4.78 is 0. The first-order valence-corrected chi connectivity index (χ1v) is 9.26. The molecule has 118 valence electrons. The van der Waals surface area contributed by atoms with Crippen LogP contribution >= 0.6 is 11.8 Å². The zero-order valence-electron chi connectivity index (χ0n) is 14.3. The molecule has 21 heavy (non-hydrogen) atoms. The predicted molar refractivity (Wildman–Crippen MR) is 95.3 cm³/mol. The molecule has 0 spiro atoms. The fourth-order valence-electron chi connectivity index (χ4n) is 3.30. The van der Waals surface area contributed by atoms with E-state index in [1.54, 1.807) is 0 Å². The molecule has 1 fully saturated rings. The number of nitrogens with one attached hydrogen (secondary N) is 1. The Labute approximate surface area is 135 Å². The third kappa shape index (κ3) is 4.75. The summed E-state index contributed by atoms with van der Waals surface area (Å²) in [6, 6.07) is 7.54. The van der Waals surface area contributed by atoms with E-state index in [1.165, 1.54) is 41.7 Å². The van der Waals surface area contributed by atoms with Gasteiger partial charge in [0.25, 0.3) is 0 Å². The molecule has 0 radical (unpaired) electrons. The second-order valence-corrected chi connectivity index (χ2v) is 8.67. The maximum absolute atomic E-state index is 3.79. The molecule has 1 aliphatic rings. The molecule has 2 rings (SSSR count). The SMILES string of the molecule is CCCNC1CCC(C)(C)CC1Sc1ccc(C)cc1C. The van der Waals surface area contributed by atoms with Gasteiger partial charge in [-0.15, -0.1) is 11.8 Å². The number of hydrogen-bond acceptors (Lipinski definition) is 2. The molecule has 0 amide bonds. The first-order chi connectivity index (χ1) is 9.91. The van der Waals surface area contributed by atoms with E-state index < -0.39 is 0 Å². The highest BCUT2D eigenvalue weighted by Crippen LogP contribution is 2.43. The minimum atomic E-state index is 0.487. The fourth-order valence-corrected chi connectivity index (χ4v) is 4.95. The van der Waals surface area contributed by atoms with Crippen LogP contribution in [0.15, 0.2) is 23.1 Å². The van der Waals surface area contributed by atoms with Crippen LogP contribution in [-0.2, 0) is 0 Å². The zero-order valence-corrected chi connectivity index (χ0v) is 15.1. The van der Waals surface area contributed by atoms with Gasteiger partial charge in [0, 0.05) is 16.2 Å². The Morgan fingerprint density at radius 2 is 2.05 bits per heavy atom. The van der Waals surface area contributed by atoms with E-state index in [2.05, 4.69) is 69.9 Å². The Morgan fingerprint density at radius 1 is 1.29 bits per heavy atom. The molecule has 1 nitrogen and oxygen atoms in total. The number of benzene rings is 1. The average molecular weight is 306 g/mol. The van der Waals surface area contributed by atoms with Crippen LogP contribution in [0.2, 0.25) is 0 Å². The largest absolute Gasteiger partial charge is 0.313 e. The standard InChI is InChI=1S/C19H31NS/c1-6-11-20-16-9-10-19(4,5)13-18(16)21-17-8-7-14(2)12-15(17)3/h7-8,12,16,18,20H,6,9-11,13H2,1-5H3. The highest BCUT2D eigenvalue weighted by Gasteiger charge is 2.35. The van der Waals surface area contributed by atoms with Crippen molar-refractivity contribution < 1.29 is 0 Å². The maximum Gasteiger partial charge on any atom is 0.0253 e. The lowest BCUT2D eigenvalue weighted by atomic mass is 9.75. The third-order valence-corrected chi connectivity index (χ3v) is 6.11.